The predicted octanol–water partition coefficient (Wildman–Crippen LogP) is 3.64. The fourth-order valence-corrected chi connectivity index (χ4v) is 2.96. The van der Waals surface area contributed by atoms with E-state index in [1.165, 1.54) is 18.2 Å². The van der Waals surface area contributed by atoms with Crippen molar-refractivity contribution in [3.05, 3.63) is 59.4 Å². The third-order valence-corrected chi connectivity index (χ3v) is 4.24. The normalized spacial score (nSPS) is 11.3. The summed E-state index contributed by atoms with van der Waals surface area (Å²) in [5.74, 6) is 0.110. The lowest BCUT2D eigenvalue weighted by Crippen LogP contribution is -2.00. The first-order valence-corrected chi connectivity index (χ1v) is 8.10. The molecule has 0 bridgehead atoms. The van der Waals surface area contributed by atoms with Crippen LogP contribution in [0.25, 0.3) is 0 Å². The predicted molar refractivity (Wildman–Crippen MR) is 74.9 cm³/mol. The Morgan fingerprint density at radius 3 is 2.50 bits per heavy atom. The van der Waals surface area contributed by atoms with Gasteiger partial charge < -0.3 is 4.74 Å². The molecule has 0 aliphatic carbocycles. The van der Waals surface area contributed by atoms with E-state index in [2.05, 4.69) is 0 Å². The summed E-state index contributed by atoms with van der Waals surface area (Å²) in [5.41, 5.74) is 0.908. The van der Waals surface area contributed by atoms with Gasteiger partial charge in [-0.2, -0.15) is 0 Å². The second kappa shape index (κ2) is 5.81. The van der Waals surface area contributed by atoms with Crippen LogP contribution in [0.4, 0.5) is 4.39 Å². The van der Waals surface area contributed by atoms with Crippen molar-refractivity contribution in [1.29, 1.82) is 0 Å². The third-order valence-electron chi connectivity index (χ3n) is 2.76. The lowest BCUT2D eigenvalue weighted by molar-refractivity contribution is 0.299. The summed E-state index contributed by atoms with van der Waals surface area (Å²) in [7, 11) is 1.52. The Morgan fingerprint density at radius 2 is 1.90 bits per heavy atom. The van der Waals surface area contributed by atoms with Gasteiger partial charge in [-0.1, -0.05) is 18.2 Å². The molecule has 0 radical (unpaired) electrons. The molecule has 0 atom stereocenters. The summed E-state index contributed by atoms with van der Waals surface area (Å²) in [6, 6.07) is 10.7. The Morgan fingerprint density at radius 1 is 1.20 bits per heavy atom. The van der Waals surface area contributed by atoms with Crippen LogP contribution in [0.1, 0.15) is 11.1 Å². The average molecular weight is 315 g/mol. The molecular weight excluding hydrogens is 303 g/mol. The Balaban J connectivity index is 2.16. The highest BCUT2D eigenvalue weighted by molar-refractivity contribution is 8.13. The van der Waals surface area contributed by atoms with Gasteiger partial charge in [0.15, 0.2) is 0 Å². The van der Waals surface area contributed by atoms with Crippen LogP contribution in [-0.2, 0) is 15.7 Å². The first kappa shape index (κ1) is 14.8. The van der Waals surface area contributed by atoms with E-state index < -0.39 is 9.05 Å². The fraction of sp³-hybridized carbons (Fsp3) is 0.143. The highest BCUT2D eigenvalue weighted by atomic mass is 35.7. The highest BCUT2D eigenvalue weighted by Crippen LogP contribution is 2.24. The Bertz CT molecular complexity index is 729. The lowest BCUT2D eigenvalue weighted by atomic mass is 10.2. The topological polar surface area (TPSA) is 43.4 Å². The van der Waals surface area contributed by atoms with Gasteiger partial charge in [0.2, 0.25) is 0 Å². The van der Waals surface area contributed by atoms with E-state index in [1.54, 1.807) is 31.2 Å². The van der Waals surface area contributed by atoms with Gasteiger partial charge >= 0.3 is 0 Å². The average Bonchev–Trinajstić information content (AvgIpc) is 2.36. The second-order valence-electron chi connectivity index (χ2n) is 4.25. The summed E-state index contributed by atoms with van der Waals surface area (Å²) in [5, 5.41) is 0. The largest absolute Gasteiger partial charge is 0.489 e. The minimum absolute atomic E-state index is 0.0393. The van der Waals surface area contributed by atoms with Crippen molar-refractivity contribution in [2.45, 2.75) is 18.4 Å². The van der Waals surface area contributed by atoms with Crippen molar-refractivity contribution in [2.24, 2.45) is 0 Å². The zero-order chi connectivity index (χ0) is 14.8. The molecule has 0 fully saturated rings. The Hall–Kier alpha value is -1.59. The van der Waals surface area contributed by atoms with E-state index in [0.717, 1.165) is 0 Å². The van der Waals surface area contributed by atoms with Gasteiger partial charge in [-0.05, 0) is 36.8 Å². The molecule has 0 aliphatic heterocycles. The molecule has 2 rings (SSSR count). The molecule has 0 amide bonds. The van der Waals surface area contributed by atoms with Crippen LogP contribution in [0.3, 0.4) is 0 Å². The van der Waals surface area contributed by atoms with Crippen molar-refractivity contribution < 1.29 is 17.5 Å². The molecule has 106 valence electrons. The molecule has 0 heterocycles. The van der Waals surface area contributed by atoms with Gasteiger partial charge in [0, 0.05) is 16.2 Å². The molecule has 2 aromatic rings. The molecule has 6 heteroatoms. The molecule has 0 aromatic heterocycles. The Kier molecular flexibility index (Phi) is 4.30. The van der Waals surface area contributed by atoms with Crippen molar-refractivity contribution in [2.75, 3.05) is 0 Å². The van der Waals surface area contributed by atoms with Crippen molar-refractivity contribution in [3.63, 3.8) is 0 Å². The molecule has 20 heavy (non-hydrogen) atoms. The number of ether oxygens (including phenoxy) is 1. The quantitative estimate of drug-likeness (QED) is 0.809. The standard InChI is InChI=1S/C14H12ClFO3S/c1-10-8-12(6-7-14(10)20(15,17)18)19-9-11-4-2-3-5-13(11)16/h2-8H,9H2,1H3. The molecule has 0 aliphatic rings. The number of aryl methyl sites for hydroxylation is 1. The van der Waals surface area contributed by atoms with Gasteiger partial charge in [-0.15, -0.1) is 0 Å². The van der Waals surface area contributed by atoms with Crippen LogP contribution in [0.5, 0.6) is 5.75 Å². The first-order valence-electron chi connectivity index (χ1n) is 5.79. The van der Waals surface area contributed by atoms with Gasteiger partial charge in [0.05, 0.1) is 4.90 Å². The van der Waals surface area contributed by atoms with Crippen LogP contribution < -0.4 is 4.74 Å². The van der Waals surface area contributed by atoms with Crippen LogP contribution in [0.15, 0.2) is 47.4 Å². The van der Waals surface area contributed by atoms with Crippen LogP contribution >= 0.6 is 10.7 Å². The van der Waals surface area contributed by atoms with Crippen molar-refractivity contribution >= 4 is 19.7 Å². The molecule has 0 spiro atoms. The molecule has 0 saturated heterocycles. The molecule has 2 aromatic carbocycles. The van der Waals surface area contributed by atoms with Crippen molar-refractivity contribution in [1.82, 2.24) is 0 Å². The summed E-state index contributed by atoms with van der Waals surface area (Å²) in [6.45, 7) is 1.68. The molecule has 0 saturated carbocycles. The van der Waals surface area contributed by atoms with E-state index in [1.807, 2.05) is 0 Å². The Labute approximate surface area is 121 Å². The molecule has 3 nitrogen and oxygen atoms in total. The number of benzene rings is 2. The summed E-state index contributed by atoms with van der Waals surface area (Å²) >= 11 is 0. The van der Waals surface area contributed by atoms with Crippen LogP contribution in [-0.4, -0.2) is 8.42 Å². The minimum atomic E-state index is -3.77. The molecule has 0 unspecified atom stereocenters. The van der Waals surface area contributed by atoms with E-state index in [4.69, 9.17) is 15.4 Å². The molecular formula is C14H12ClFO3S. The lowest BCUT2D eigenvalue weighted by Gasteiger charge is -2.09. The smallest absolute Gasteiger partial charge is 0.261 e. The number of hydrogen-bond acceptors (Lipinski definition) is 3. The second-order valence-corrected chi connectivity index (χ2v) is 6.78. The highest BCUT2D eigenvalue weighted by Gasteiger charge is 2.13. The number of hydrogen-bond donors (Lipinski definition) is 0. The fourth-order valence-electron chi connectivity index (χ4n) is 1.76. The maximum atomic E-state index is 13.4. The minimum Gasteiger partial charge on any atom is -0.489 e. The van der Waals surface area contributed by atoms with E-state index in [9.17, 15) is 12.8 Å². The van der Waals surface area contributed by atoms with Crippen molar-refractivity contribution in [3.8, 4) is 5.75 Å². The number of halogens is 2. The van der Waals surface area contributed by atoms with Crippen LogP contribution in [0, 0.1) is 12.7 Å². The van der Waals surface area contributed by atoms with E-state index in [-0.39, 0.29) is 17.3 Å². The van der Waals surface area contributed by atoms with Crippen LogP contribution in [0.2, 0.25) is 0 Å². The van der Waals surface area contributed by atoms with E-state index in [0.29, 0.717) is 16.9 Å². The van der Waals surface area contributed by atoms with Gasteiger partial charge in [0.1, 0.15) is 18.2 Å². The van der Waals surface area contributed by atoms with Gasteiger partial charge in [0.25, 0.3) is 9.05 Å². The zero-order valence-electron chi connectivity index (χ0n) is 10.6. The maximum absolute atomic E-state index is 13.4. The van der Waals surface area contributed by atoms with Gasteiger partial charge in [-0.3, -0.25) is 0 Å². The zero-order valence-corrected chi connectivity index (χ0v) is 12.2. The third kappa shape index (κ3) is 3.49. The molecule has 0 N–H and O–H groups in total. The summed E-state index contributed by atoms with van der Waals surface area (Å²) < 4.78 is 41.4. The van der Waals surface area contributed by atoms with Gasteiger partial charge in [-0.25, -0.2) is 12.8 Å². The van der Waals surface area contributed by atoms with E-state index >= 15 is 0 Å². The summed E-state index contributed by atoms with van der Waals surface area (Å²) in [6.07, 6.45) is 0. The SMILES string of the molecule is Cc1cc(OCc2ccccc2F)ccc1S(=O)(=O)Cl. The maximum Gasteiger partial charge on any atom is 0.261 e. The first-order chi connectivity index (χ1) is 9.38. The monoisotopic (exact) mass is 314 g/mol. The number of rotatable bonds is 4. The summed E-state index contributed by atoms with van der Waals surface area (Å²) in [4.78, 5) is 0.0393.